The second-order valence-electron chi connectivity index (χ2n) is 5.44. The lowest BCUT2D eigenvalue weighted by Gasteiger charge is -2.33. The van der Waals surface area contributed by atoms with E-state index in [-0.39, 0.29) is 6.54 Å². The maximum atomic E-state index is 11.9. The number of nitrogens with zero attached hydrogens (tertiary/aromatic N) is 1. The molecule has 0 spiro atoms. The summed E-state index contributed by atoms with van der Waals surface area (Å²) in [5, 5.41) is -0.552. The first-order valence-corrected chi connectivity index (χ1v) is 7.60. The largest absolute Gasteiger partial charge is 0.444 e. The van der Waals surface area contributed by atoms with E-state index in [2.05, 4.69) is 4.72 Å². The fourth-order valence-electron chi connectivity index (χ4n) is 1.85. The van der Waals surface area contributed by atoms with Gasteiger partial charge in [-0.15, -0.1) is 0 Å². The molecule has 0 aromatic rings. The van der Waals surface area contributed by atoms with Gasteiger partial charge in [0.05, 0.1) is 5.25 Å². The number of nitrogens with one attached hydrogen (secondary N) is 1. The third kappa shape index (κ3) is 4.13. The lowest BCUT2D eigenvalue weighted by Crippen LogP contribution is -2.49. The Bertz CT molecular complexity index is 400. The van der Waals surface area contributed by atoms with Gasteiger partial charge in [0.15, 0.2) is 0 Å². The highest BCUT2D eigenvalue weighted by atomic mass is 32.2. The Labute approximate surface area is 109 Å². The number of carbonyl (C=O) groups is 1. The summed E-state index contributed by atoms with van der Waals surface area (Å²) in [6.45, 7) is 6.10. The van der Waals surface area contributed by atoms with Crippen molar-refractivity contribution in [3.05, 3.63) is 0 Å². The van der Waals surface area contributed by atoms with Crippen molar-refractivity contribution in [1.82, 2.24) is 9.62 Å². The lowest BCUT2D eigenvalue weighted by molar-refractivity contribution is 0.0219. The molecule has 1 rings (SSSR count). The first kappa shape index (κ1) is 15.2. The van der Waals surface area contributed by atoms with E-state index in [0.717, 1.165) is 0 Å². The highest BCUT2D eigenvalue weighted by Gasteiger charge is 2.33. The molecule has 0 radical (unpaired) electrons. The van der Waals surface area contributed by atoms with Crippen molar-refractivity contribution in [3.63, 3.8) is 0 Å². The fraction of sp³-hybridized carbons (Fsp3) is 0.909. The van der Waals surface area contributed by atoms with Gasteiger partial charge in [0, 0.05) is 13.1 Å². The number of rotatable bonds is 2. The number of sulfonamides is 1. The van der Waals surface area contributed by atoms with Crippen molar-refractivity contribution in [1.29, 1.82) is 0 Å². The maximum absolute atomic E-state index is 11.9. The van der Waals surface area contributed by atoms with Crippen LogP contribution in [0.5, 0.6) is 0 Å². The molecule has 6 nitrogen and oxygen atoms in total. The van der Waals surface area contributed by atoms with Crippen molar-refractivity contribution >= 4 is 16.1 Å². The summed E-state index contributed by atoms with van der Waals surface area (Å²) in [5.74, 6) is 0. The van der Waals surface area contributed by atoms with Crippen LogP contribution in [0.4, 0.5) is 4.79 Å². The van der Waals surface area contributed by atoms with Crippen LogP contribution >= 0.6 is 0 Å². The standard InChI is InChI=1S/C11H22N2O4S/c1-11(2,3)17-10(14)13-7-5-6-9(8-13)18(15,16)12-4/h9,12H,5-8H2,1-4H3/t9-/m0/s1. The molecule has 18 heavy (non-hydrogen) atoms. The van der Waals surface area contributed by atoms with E-state index in [1.165, 1.54) is 11.9 Å². The van der Waals surface area contributed by atoms with Gasteiger partial charge in [-0.3, -0.25) is 0 Å². The van der Waals surface area contributed by atoms with Gasteiger partial charge in [-0.1, -0.05) is 0 Å². The summed E-state index contributed by atoms with van der Waals surface area (Å²) in [6, 6.07) is 0. The van der Waals surface area contributed by atoms with Crippen LogP contribution in [0.3, 0.4) is 0 Å². The molecule has 1 heterocycles. The topological polar surface area (TPSA) is 75.7 Å². The highest BCUT2D eigenvalue weighted by Crippen LogP contribution is 2.19. The molecule has 1 aliphatic heterocycles. The summed E-state index contributed by atoms with van der Waals surface area (Å²) in [4.78, 5) is 13.3. The van der Waals surface area contributed by atoms with Crippen LogP contribution in [0.2, 0.25) is 0 Å². The number of likely N-dealkylation sites (tertiary alicyclic amines) is 1. The average Bonchev–Trinajstić information content (AvgIpc) is 2.27. The van der Waals surface area contributed by atoms with E-state index in [0.29, 0.717) is 19.4 Å². The predicted octanol–water partition coefficient (Wildman–Crippen LogP) is 0.935. The number of piperidine rings is 1. The van der Waals surface area contributed by atoms with Crippen LogP contribution in [0.15, 0.2) is 0 Å². The van der Waals surface area contributed by atoms with Crippen LogP contribution in [-0.2, 0) is 14.8 Å². The summed E-state index contributed by atoms with van der Waals surface area (Å²) in [7, 11) is -1.94. The first-order chi connectivity index (χ1) is 8.15. The molecule has 1 fully saturated rings. The Balaban J connectivity index is 2.67. The van der Waals surface area contributed by atoms with Crippen molar-refractivity contribution in [2.75, 3.05) is 20.1 Å². The SMILES string of the molecule is CNS(=O)(=O)[C@H]1CCCN(C(=O)OC(C)(C)C)C1. The highest BCUT2D eigenvalue weighted by molar-refractivity contribution is 7.90. The molecular formula is C11H22N2O4S. The number of hydrogen-bond donors (Lipinski definition) is 1. The Morgan fingerprint density at radius 2 is 2.00 bits per heavy atom. The van der Waals surface area contributed by atoms with Crippen LogP contribution in [0.25, 0.3) is 0 Å². The Hall–Kier alpha value is -0.820. The van der Waals surface area contributed by atoms with Gasteiger partial charge in [-0.2, -0.15) is 0 Å². The number of amides is 1. The summed E-state index contributed by atoms with van der Waals surface area (Å²) >= 11 is 0. The quantitative estimate of drug-likeness (QED) is 0.815. The molecule has 0 unspecified atom stereocenters. The van der Waals surface area contributed by atoms with Gasteiger partial charge in [-0.05, 0) is 40.7 Å². The molecule has 1 aliphatic rings. The number of ether oxygens (including phenoxy) is 1. The van der Waals surface area contributed by atoms with Crippen LogP contribution in [-0.4, -0.2) is 50.4 Å². The average molecular weight is 278 g/mol. The zero-order chi connectivity index (χ0) is 14.0. The molecule has 0 saturated carbocycles. The van der Waals surface area contributed by atoms with E-state index in [1.54, 1.807) is 20.8 Å². The first-order valence-electron chi connectivity index (χ1n) is 6.06. The van der Waals surface area contributed by atoms with E-state index in [4.69, 9.17) is 4.74 Å². The van der Waals surface area contributed by atoms with E-state index in [1.807, 2.05) is 0 Å². The molecule has 0 bridgehead atoms. The normalized spacial score (nSPS) is 21.8. The summed E-state index contributed by atoms with van der Waals surface area (Å²) in [5.41, 5.74) is -0.564. The van der Waals surface area contributed by atoms with Gasteiger partial charge < -0.3 is 9.64 Å². The predicted molar refractivity (Wildman–Crippen MR) is 68.8 cm³/mol. The monoisotopic (exact) mass is 278 g/mol. The van der Waals surface area contributed by atoms with Crippen molar-refractivity contribution in [3.8, 4) is 0 Å². The van der Waals surface area contributed by atoms with E-state index >= 15 is 0 Å². The minimum Gasteiger partial charge on any atom is -0.444 e. The number of hydrogen-bond acceptors (Lipinski definition) is 4. The van der Waals surface area contributed by atoms with Crippen LogP contribution in [0, 0.1) is 0 Å². The molecule has 1 amide bonds. The van der Waals surface area contributed by atoms with Crippen molar-refractivity contribution < 1.29 is 17.9 Å². The summed E-state index contributed by atoms with van der Waals surface area (Å²) < 4.78 is 31.0. The molecular weight excluding hydrogens is 256 g/mol. The second kappa shape index (κ2) is 5.44. The Morgan fingerprint density at radius 1 is 1.39 bits per heavy atom. The summed E-state index contributed by atoms with van der Waals surface area (Å²) in [6.07, 6.45) is 0.798. The van der Waals surface area contributed by atoms with Gasteiger partial charge in [0.1, 0.15) is 5.60 Å². The Kier molecular flexibility index (Phi) is 4.61. The fourth-order valence-corrected chi connectivity index (χ4v) is 3.04. The molecule has 1 N–H and O–H groups in total. The third-order valence-electron chi connectivity index (χ3n) is 2.75. The molecule has 1 saturated heterocycles. The maximum Gasteiger partial charge on any atom is 0.410 e. The van der Waals surface area contributed by atoms with Crippen molar-refractivity contribution in [2.45, 2.75) is 44.5 Å². The minimum atomic E-state index is -3.33. The molecule has 1 atom stereocenters. The second-order valence-corrected chi connectivity index (χ2v) is 7.60. The molecule has 0 aromatic carbocycles. The lowest BCUT2D eigenvalue weighted by atomic mass is 10.1. The third-order valence-corrected chi connectivity index (χ3v) is 4.58. The van der Waals surface area contributed by atoms with E-state index in [9.17, 15) is 13.2 Å². The van der Waals surface area contributed by atoms with Gasteiger partial charge in [-0.25, -0.2) is 17.9 Å². The minimum absolute atomic E-state index is 0.193. The number of carbonyl (C=O) groups excluding carboxylic acids is 1. The Morgan fingerprint density at radius 3 is 2.50 bits per heavy atom. The zero-order valence-electron chi connectivity index (χ0n) is 11.4. The van der Waals surface area contributed by atoms with Crippen molar-refractivity contribution in [2.24, 2.45) is 0 Å². The molecule has 0 aromatic heterocycles. The molecule has 7 heteroatoms. The van der Waals surface area contributed by atoms with Crippen LogP contribution in [0.1, 0.15) is 33.6 Å². The van der Waals surface area contributed by atoms with Gasteiger partial charge >= 0.3 is 6.09 Å². The van der Waals surface area contributed by atoms with Gasteiger partial charge in [0.2, 0.25) is 10.0 Å². The van der Waals surface area contributed by atoms with Gasteiger partial charge in [0.25, 0.3) is 0 Å². The smallest absolute Gasteiger partial charge is 0.410 e. The van der Waals surface area contributed by atoms with Crippen LogP contribution < -0.4 is 4.72 Å². The van der Waals surface area contributed by atoms with E-state index < -0.39 is 27.0 Å². The molecule has 106 valence electrons. The molecule has 0 aliphatic carbocycles. The zero-order valence-corrected chi connectivity index (χ0v) is 12.2.